The van der Waals surface area contributed by atoms with Crippen LogP contribution in [-0.2, 0) is 4.79 Å². The zero-order valence-corrected chi connectivity index (χ0v) is 9.13. The molecule has 80 valence electrons. The number of thioether (sulfide) groups is 1. The van der Waals surface area contributed by atoms with Crippen molar-refractivity contribution in [2.24, 2.45) is 0 Å². The Labute approximate surface area is 91.7 Å². The van der Waals surface area contributed by atoms with E-state index in [1.54, 1.807) is 18.0 Å². The molecule has 0 spiro atoms. The van der Waals surface area contributed by atoms with Crippen molar-refractivity contribution >= 4 is 17.7 Å². The van der Waals surface area contributed by atoms with Gasteiger partial charge in [-0.15, -0.1) is 0 Å². The van der Waals surface area contributed by atoms with Gasteiger partial charge in [-0.25, -0.2) is 9.37 Å². The number of aromatic nitrogens is 1. The standard InChI is InChI=1S/C10H11FN2OS/c1-13-6-4-8(10(13)14)15-9-7(11)3-2-5-12-9/h2-3,5,8H,4,6H2,1H3. The molecule has 0 bridgehead atoms. The lowest BCUT2D eigenvalue weighted by Gasteiger charge is -2.09. The monoisotopic (exact) mass is 226 g/mol. The van der Waals surface area contributed by atoms with Crippen LogP contribution in [-0.4, -0.2) is 34.6 Å². The number of amides is 1. The van der Waals surface area contributed by atoms with E-state index in [-0.39, 0.29) is 17.0 Å². The Morgan fingerprint density at radius 1 is 1.67 bits per heavy atom. The molecule has 3 nitrogen and oxygen atoms in total. The maximum absolute atomic E-state index is 13.3. The number of likely N-dealkylation sites (tertiary alicyclic amines) is 1. The van der Waals surface area contributed by atoms with Gasteiger partial charge in [-0.2, -0.15) is 0 Å². The molecule has 1 fully saturated rings. The first kappa shape index (κ1) is 10.4. The molecule has 1 amide bonds. The van der Waals surface area contributed by atoms with Crippen LogP contribution >= 0.6 is 11.8 Å². The predicted octanol–water partition coefficient (Wildman–Crippen LogP) is 1.54. The van der Waals surface area contributed by atoms with Crippen LogP contribution in [0.3, 0.4) is 0 Å². The molecule has 1 unspecified atom stereocenters. The fourth-order valence-electron chi connectivity index (χ4n) is 1.49. The van der Waals surface area contributed by atoms with Crippen LogP contribution < -0.4 is 0 Å². The fourth-order valence-corrected chi connectivity index (χ4v) is 2.57. The number of hydrogen-bond donors (Lipinski definition) is 0. The normalized spacial score (nSPS) is 21.1. The number of pyridine rings is 1. The zero-order valence-electron chi connectivity index (χ0n) is 8.31. The summed E-state index contributed by atoms with van der Waals surface area (Å²) in [7, 11) is 1.76. The molecule has 1 aromatic heterocycles. The molecule has 1 saturated heterocycles. The Hall–Kier alpha value is -1.10. The van der Waals surface area contributed by atoms with Crippen molar-refractivity contribution in [1.82, 2.24) is 9.88 Å². The van der Waals surface area contributed by atoms with Gasteiger partial charge in [0.15, 0.2) is 5.82 Å². The number of hydrogen-bond acceptors (Lipinski definition) is 3. The number of halogens is 1. The highest BCUT2D eigenvalue weighted by molar-refractivity contribution is 8.00. The summed E-state index contributed by atoms with van der Waals surface area (Å²) in [6, 6.07) is 2.90. The van der Waals surface area contributed by atoms with E-state index in [0.29, 0.717) is 5.03 Å². The summed E-state index contributed by atoms with van der Waals surface area (Å²) in [6.07, 6.45) is 2.30. The summed E-state index contributed by atoms with van der Waals surface area (Å²) in [5.74, 6) is -0.296. The van der Waals surface area contributed by atoms with Crippen LogP contribution in [0.25, 0.3) is 0 Å². The SMILES string of the molecule is CN1CCC(Sc2ncccc2F)C1=O. The van der Waals surface area contributed by atoms with Gasteiger partial charge in [0.25, 0.3) is 0 Å². The molecular weight excluding hydrogens is 215 g/mol. The molecule has 1 atom stereocenters. The predicted molar refractivity (Wildman–Crippen MR) is 56.1 cm³/mol. The minimum absolute atomic E-state index is 0.0602. The lowest BCUT2D eigenvalue weighted by atomic mass is 10.4. The summed E-state index contributed by atoms with van der Waals surface area (Å²) in [6.45, 7) is 0.741. The Bertz CT molecular complexity index is 385. The molecule has 2 rings (SSSR count). The van der Waals surface area contributed by atoms with Crippen LogP contribution in [0.1, 0.15) is 6.42 Å². The van der Waals surface area contributed by atoms with E-state index in [1.807, 2.05) is 0 Å². The molecule has 15 heavy (non-hydrogen) atoms. The minimum Gasteiger partial charge on any atom is -0.345 e. The Balaban J connectivity index is 2.10. The number of carbonyl (C=O) groups is 1. The quantitative estimate of drug-likeness (QED) is 0.767. The molecule has 1 aromatic rings. The second-order valence-corrected chi connectivity index (χ2v) is 4.64. The van der Waals surface area contributed by atoms with Crippen LogP contribution in [0.2, 0.25) is 0 Å². The third-order valence-electron chi connectivity index (χ3n) is 2.36. The highest BCUT2D eigenvalue weighted by Gasteiger charge is 2.30. The van der Waals surface area contributed by atoms with E-state index in [9.17, 15) is 9.18 Å². The highest BCUT2D eigenvalue weighted by Crippen LogP contribution is 2.30. The van der Waals surface area contributed by atoms with Crippen LogP contribution in [0.15, 0.2) is 23.4 Å². The molecule has 5 heteroatoms. The summed E-state index contributed by atoms with van der Waals surface area (Å²) >= 11 is 1.21. The van der Waals surface area contributed by atoms with E-state index in [2.05, 4.69) is 4.98 Å². The summed E-state index contributed by atoms with van der Waals surface area (Å²) < 4.78 is 13.3. The Kier molecular flexibility index (Phi) is 2.90. The van der Waals surface area contributed by atoms with Gasteiger partial charge in [-0.1, -0.05) is 11.8 Å². The van der Waals surface area contributed by atoms with Crippen LogP contribution in [0.4, 0.5) is 4.39 Å². The van der Waals surface area contributed by atoms with E-state index in [0.717, 1.165) is 13.0 Å². The van der Waals surface area contributed by atoms with Crippen molar-refractivity contribution in [2.45, 2.75) is 16.7 Å². The van der Waals surface area contributed by atoms with Gasteiger partial charge >= 0.3 is 0 Å². The van der Waals surface area contributed by atoms with Crippen molar-refractivity contribution in [3.8, 4) is 0 Å². The van der Waals surface area contributed by atoms with Gasteiger partial charge in [0.2, 0.25) is 5.91 Å². The molecule has 2 heterocycles. The van der Waals surface area contributed by atoms with Crippen molar-refractivity contribution in [3.05, 3.63) is 24.1 Å². The minimum atomic E-state index is -0.357. The van der Waals surface area contributed by atoms with E-state index >= 15 is 0 Å². The molecule has 0 aliphatic carbocycles. The van der Waals surface area contributed by atoms with Crippen LogP contribution in [0.5, 0.6) is 0 Å². The third kappa shape index (κ3) is 2.12. The number of rotatable bonds is 2. The smallest absolute Gasteiger partial charge is 0.235 e. The van der Waals surface area contributed by atoms with Gasteiger partial charge in [0.1, 0.15) is 5.03 Å². The van der Waals surface area contributed by atoms with Crippen molar-refractivity contribution in [2.75, 3.05) is 13.6 Å². The average Bonchev–Trinajstić information content (AvgIpc) is 2.53. The van der Waals surface area contributed by atoms with E-state index < -0.39 is 0 Å². The van der Waals surface area contributed by atoms with Gasteiger partial charge in [0.05, 0.1) is 5.25 Å². The van der Waals surface area contributed by atoms with E-state index in [1.165, 1.54) is 24.0 Å². The van der Waals surface area contributed by atoms with Gasteiger partial charge in [-0.3, -0.25) is 4.79 Å². The molecule has 0 saturated carbocycles. The Morgan fingerprint density at radius 2 is 2.47 bits per heavy atom. The largest absolute Gasteiger partial charge is 0.345 e. The zero-order chi connectivity index (χ0) is 10.8. The highest BCUT2D eigenvalue weighted by atomic mass is 32.2. The molecular formula is C10H11FN2OS. The number of nitrogens with zero attached hydrogens (tertiary/aromatic N) is 2. The first-order valence-electron chi connectivity index (χ1n) is 4.70. The molecule has 0 radical (unpaired) electrons. The summed E-state index contributed by atoms with van der Waals surface area (Å²) in [5, 5.41) is 0.130. The summed E-state index contributed by atoms with van der Waals surface area (Å²) in [5.41, 5.74) is 0. The van der Waals surface area contributed by atoms with Gasteiger partial charge in [0, 0.05) is 19.8 Å². The summed E-state index contributed by atoms with van der Waals surface area (Å²) in [4.78, 5) is 17.2. The third-order valence-corrected chi connectivity index (χ3v) is 3.60. The molecule has 1 aliphatic heterocycles. The average molecular weight is 226 g/mol. The van der Waals surface area contributed by atoms with Crippen molar-refractivity contribution in [3.63, 3.8) is 0 Å². The molecule has 0 aromatic carbocycles. The molecule has 0 N–H and O–H groups in total. The van der Waals surface area contributed by atoms with Crippen LogP contribution in [0, 0.1) is 5.82 Å². The van der Waals surface area contributed by atoms with E-state index in [4.69, 9.17) is 0 Å². The topological polar surface area (TPSA) is 33.2 Å². The van der Waals surface area contributed by atoms with Gasteiger partial charge < -0.3 is 4.90 Å². The first-order chi connectivity index (χ1) is 7.18. The second kappa shape index (κ2) is 4.18. The lowest BCUT2D eigenvalue weighted by molar-refractivity contribution is -0.126. The molecule has 1 aliphatic rings. The van der Waals surface area contributed by atoms with Crippen molar-refractivity contribution in [1.29, 1.82) is 0 Å². The first-order valence-corrected chi connectivity index (χ1v) is 5.58. The maximum Gasteiger partial charge on any atom is 0.235 e. The maximum atomic E-state index is 13.3. The fraction of sp³-hybridized carbons (Fsp3) is 0.400. The second-order valence-electron chi connectivity index (χ2n) is 3.45. The Morgan fingerprint density at radius 3 is 3.07 bits per heavy atom. The van der Waals surface area contributed by atoms with Gasteiger partial charge in [-0.05, 0) is 18.6 Å². The van der Waals surface area contributed by atoms with Crippen molar-refractivity contribution < 1.29 is 9.18 Å². The lowest BCUT2D eigenvalue weighted by Crippen LogP contribution is -2.23. The number of carbonyl (C=O) groups excluding carboxylic acids is 1.